The first kappa shape index (κ1) is 18.4. The maximum Gasteiger partial charge on any atom is 0.231 e. The molecule has 28 heavy (non-hydrogen) atoms. The first-order valence-electron chi connectivity index (χ1n) is 9.92. The van der Waals surface area contributed by atoms with Gasteiger partial charge in [-0.1, -0.05) is 12.1 Å². The van der Waals surface area contributed by atoms with Gasteiger partial charge in [0.1, 0.15) is 5.82 Å². The van der Waals surface area contributed by atoms with E-state index in [1.54, 1.807) is 0 Å². The maximum atomic E-state index is 5.44. The van der Waals surface area contributed by atoms with E-state index in [2.05, 4.69) is 44.6 Å². The molecule has 1 aromatic heterocycles. The van der Waals surface area contributed by atoms with Gasteiger partial charge in [0.15, 0.2) is 17.5 Å². The average Bonchev–Trinajstić information content (AvgIpc) is 3.42. The van der Waals surface area contributed by atoms with Crippen LogP contribution in [0.4, 0.5) is 5.82 Å². The largest absolute Gasteiger partial charge is 0.454 e. The predicted octanol–water partition coefficient (Wildman–Crippen LogP) is 2.67. The number of anilines is 1. The van der Waals surface area contributed by atoms with Gasteiger partial charge in [-0.25, -0.2) is 9.98 Å². The van der Waals surface area contributed by atoms with Crippen molar-refractivity contribution in [3.8, 4) is 11.5 Å². The molecule has 1 aromatic carbocycles. The van der Waals surface area contributed by atoms with Gasteiger partial charge in [-0.05, 0) is 49.1 Å². The van der Waals surface area contributed by atoms with E-state index in [0.29, 0.717) is 19.9 Å². The van der Waals surface area contributed by atoms with Crippen LogP contribution < -0.4 is 25.0 Å². The summed E-state index contributed by atoms with van der Waals surface area (Å²) in [6, 6.07) is 10.2. The Hall–Kier alpha value is -2.96. The molecule has 0 bridgehead atoms. The monoisotopic (exact) mass is 381 g/mol. The maximum absolute atomic E-state index is 5.44. The Morgan fingerprint density at radius 3 is 2.68 bits per heavy atom. The lowest BCUT2D eigenvalue weighted by Crippen LogP contribution is -2.36. The Morgan fingerprint density at radius 1 is 1.07 bits per heavy atom. The smallest absolute Gasteiger partial charge is 0.231 e. The first-order valence-corrected chi connectivity index (χ1v) is 9.92. The van der Waals surface area contributed by atoms with Crippen LogP contribution in [0.2, 0.25) is 0 Å². The fraction of sp³-hybridized carbons (Fsp3) is 0.429. The highest BCUT2D eigenvalue weighted by Gasteiger charge is 2.14. The van der Waals surface area contributed by atoms with Crippen molar-refractivity contribution < 1.29 is 9.47 Å². The molecule has 7 heteroatoms. The number of ether oxygens (including phenoxy) is 2. The number of guanidine groups is 1. The number of pyridine rings is 1. The van der Waals surface area contributed by atoms with E-state index in [0.717, 1.165) is 54.0 Å². The van der Waals surface area contributed by atoms with Gasteiger partial charge in [0.2, 0.25) is 6.79 Å². The van der Waals surface area contributed by atoms with Crippen LogP contribution in [-0.2, 0) is 13.1 Å². The molecule has 3 heterocycles. The normalized spacial score (nSPS) is 15.8. The fourth-order valence-electron chi connectivity index (χ4n) is 3.39. The van der Waals surface area contributed by atoms with Crippen LogP contribution in [0.15, 0.2) is 41.5 Å². The summed E-state index contributed by atoms with van der Waals surface area (Å²) in [5.74, 6) is 3.45. The first-order chi connectivity index (χ1) is 13.8. The third-order valence-electron chi connectivity index (χ3n) is 4.90. The number of aromatic nitrogens is 1. The number of aliphatic imine (C=N–C) groups is 1. The third kappa shape index (κ3) is 4.47. The van der Waals surface area contributed by atoms with E-state index >= 15 is 0 Å². The number of nitrogens with one attached hydrogen (secondary N) is 2. The SMILES string of the molecule is CCNC(=NCc1ccc(N2CCCC2)nc1)NCc1ccc2c(c1)OCO2. The second-order valence-corrected chi connectivity index (χ2v) is 6.96. The molecule has 0 radical (unpaired) electrons. The zero-order valence-corrected chi connectivity index (χ0v) is 16.3. The zero-order valence-electron chi connectivity index (χ0n) is 16.3. The topological polar surface area (TPSA) is 71.0 Å². The van der Waals surface area contributed by atoms with Crippen molar-refractivity contribution >= 4 is 11.8 Å². The number of fused-ring (bicyclic) bond motifs is 1. The van der Waals surface area contributed by atoms with Gasteiger partial charge in [-0.2, -0.15) is 0 Å². The molecule has 148 valence electrons. The molecule has 0 atom stereocenters. The van der Waals surface area contributed by atoms with Crippen molar-refractivity contribution in [3.05, 3.63) is 47.7 Å². The van der Waals surface area contributed by atoms with Crippen LogP contribution in [0.5, 0.6) is 11.5 Å². The Labute approximate surface area is 165 Å². The number of nitrogens with zero attached hydrogens (tertiary/aromatic N) is 3. The standard InChI is InChI=1S/C21H27N5O2/c1-2-22-21(24-12-16-5-7-18-19(11-16)28-15-27-18)25-14-17-6-8-20(23-13-17)26-9-3-4-10-26/h5-8,11,13H,2-4,9-10,12,14-15H2,1H3,(H2,22,24,25). The summed E-state index contributed by atoms with van der Waals surface area (Å²) in [4.78, 5) is 11.6. The van der Waals surface area contributed by atoms with Gasteiger partial charge in [0.25, 0.3) is 0 Å². The van der Waals surface area contributed by atoms with Gasteiger partial charge in [0.05, 0.1) is 6.54 Å². The Morgan fingerprint density at radius 2 is 1.89 bits per heavy atom. The van der Waals surface area contributed by atoms with E-state index in [-0.39, 0.29) is 0 Å². The van der Waals surface area contributed by atoms with Crippen LogP contribution in [0, 0.1) is 0 Å². The van der Waals surface area contributed by atoms with Crippen molar-refractivity contribution in [3.63, 3.8) is 0 Å². The van der Waals surface area contributed by atoms with Crippen molar-refractivity contribution in [2.75, 3.05) is 31.3 Å². The molecular formula is C21H27N5O2. The minimum absolute atomic E-state index is 0.293. The minimum Gasteiger partial charge on any atom is -0.454 e. The molecule has 0 amide bonds. The lowest BCUT2D eigenvalue weighted by atomic mass is 10.2. The van der Waals surface area contributed by atoms with Gasteiger partial charge < -0.3 is 25.0 Å². The lowest BCUT2D eigenvalue weighted by molar-refractivity contribution is 0.174. The summed E-state index contributed by atoms with van der Waals surface area (Å²) in [6.45, 7) is 6.63. The molecule has 1 fully saturated rings. The van der Waals surface area contributed by atoms with Crippen LogP contribution in [-0.4, -0.2) is 37.4 Å². The highest BCUT2D eigenvalue weighted by Crippen LogP contribution is 2.32. The highest BCUT2D eigenvalue weighted by atomic mass is 16.7. The third-order valence-corrected chi connectivity index (χ3v) is 4.90. The Balaban J connectivity index is 1.34. The van der Waals surface area contributed by atoms with Crippen LogP contribution in [0.25, 0.3) is 0 Å². The quantitative estimate of drug-likeness (QED) is 0.592. The average molecular weight is 381 g/mol. The molecule has 2 N–H and O–H groups in total. The van der Waals surface area contributed by atoms with E-state index in [4.69, 9.17) is 9.47 Å². The van der Waals surface area contributed by atoms with E-state index < -0.39 is 0 Å². The fourth-order valence-corrected chi connectivity index (χ4v) is 3.39. The molecule has 7 nitrogen and oxygen atoms in total. The summed E-state index contributed by atoms with van der Waals surface area (Å²) in [6.07, 6.45) is 4.45. The zero-order chi connectivity index (χ0) is 19.2. The predicted molar refractivity (Wildman–Crippen MR) is 110 cm³/mol. The van der Waals surface area contributed by atoms with Crippen LogP contribution in [0.1, 0.15) is 30.9 Å². The number of hydrogen-bond donors (Lipinski definition) is 2. The summed E-state index contributed by atoms with van der Waals surface area (Å²) in [5, 5.41) is 6.65. The van der Waals surface area contributed by atoms with Gasteiger partial charge >= 0.3 is 0 Å². The van der Waals surface area contributed by atoms with Crippen molar-refractivity contribution in [2.45, 2.75) is 32.9 Å². The van der Waals surface area contributed by atoms with Crippen molar-refractivity contribution in [2.24, 2.45) is 4.99 Å². The van der Waals surface area contributed by atoms with Crippen molar-refractivity contribution in [1.29, 1.82) is 0 Å². The number of benzene rings is 1. The molecule has 0 unspecified atom stereocenters. The summed E-state index contributed by atoms with van der Waals surface area (Å²) >= 11 is 0. The summed E-state index contributed by atoms with van der Waals surface area (Å²) < 4.78 is 10.8. The molecule has 2 aliphatic rings. The molecule has 2 aromatic rings. The van der Waals surface area contributed by atoms with Crippen LogP contribution >= 0.6 is 0 Å². The molecule has 0 spiro atoms. The van der Waals surface area contributed by atoms with Crippen molar-refractivity contribution in [1.82, 2.24) is 15.6 Å². The van der Waals surface area contributed by atoms with Gasteiger partial charge in [0, 0.05) is 32.4 Å². The lowest BCUT2D eigenvalue weighted by Gasteiger charge is -2.16. The molecule has 2 aliphatic heterocycles. The molecule has 1 saturated heterocycles. The Bertz CT molecular complexity index is 816. The molecule has 0 saturated carbocycles. The second-order valence-electron chi connectivity index (χ2n) is 6.96. The number of rotatable bonds is 6. The van der Waals surface area contributed by atoms with E-state index in [1.165, 1.54) is 12.8 Å². The Kier molecular flexibility index (Phi) is 5.80. The van der Waals surface area contributed by atoms with Gasteiger partial charge in [-0.15, -0.1) is 0 Å². The summed E-state index contributed by atoms with van der Waals surface area (Å²) in [5.41, 5.74) is 2.22. The molecule has 4 rings (SSSR count). The van der Waals surface area contributed by atoms with Gasteiger partial charge in [-0.3, -0.25) is 0 Å². The van der Waals surface area contributed by atoms with E-state index in [1.807, 2.05) is 24.4 Å². The molecular weight excluding hydrogens is 354 g/mol. The molecule has 0 aliphatic carbocycles. The van der Waals surface area contributed by atoms with Crippen LogP contribution in [0.3, 0.4) is 0 Å². The highest BCUT2D eigenvalue weighted by molar-refractivity contribution is 5.79. The second kappa shape index (κ2) is 8.82. The van der Waals surface area contributed by atoms with E-state index in [9.17, 15) is 0 Å². The minimum atomic E-state index is 0.293. The summed E-state index contributed by atoms with van der Waals surface area (Å²) in [7, 11) is 0. The number of hydrogen-bond acceptors (Lipinski definition) is 5.